The van der Waals surface area contributed by atoms with E-state index in [-0.39, 0.29) is 5.41 Å². The van der Waals surface area contributed by atoms with Crippen molar-refractivity contribution in [2.75, 3.05) is 7.11 Å². The molecule has 0 bridgehead atoms. The molecule has 0 spiro atoms. The van der Waals surface area contributed by atoms with E-state index in [2.05, 4.69) is 36.7 Å². The Morgan fingerprint density at radius 2 is 1.86 bits per heavy atom. The fourth-order valence-corrected chi connectivity index (χ4v) is 2.30. The molecule has 1 rings (SSSR count). The van der Waals surface area contributed by atoms with E-state index < -0.39 is 0 Å². The summed E-state index contributed by atoms with van der Waals surface area (Å²) in [4.78, 5) is 0. The molecule has 78 valence electrons. The van der Waals surface area contributed by atoms with Crippen molar-refractivity contribution in [3.8, 4) is 5.75 Å². The number of halogens is 2. The van der Waals surface area contributed by atoms with Crippen molar-refractivity contribution < 1.29 is 4.74 Å². The van der Waals surface area contributed by atoms with E-state index in [4.69, 9.17) is 16.3 Å². The first-order valence-corrected chi connectivity index (χ1v) is 5.57. The highest BCUT2D eigenvalue weighted by atomic mass is 79.9. The highest BCUT2D eigenvalue weighted by Gasteiger charge is 2.21. The standard InChI is InChI=1S/C11H14BrClO/c1-11(2,3)8-5-7(13)6-9(12)10(8)14-4/h5-6H,1-4H3. The first-order valence-electron chi connectivity index (χ1n) is 4.40. The molecular weight excluding hydrogens is 263 g/mol. The zero-order valence-corrected chi connectivity index (χ0v) is 11.2. The molecule has 0 aromatic heterocycles. The molecule has 0 aliphatic carbocycles. The second kappa shape index (κ2) is 4.11. The topological polar surface area (TPSA) is 9.23 Å². The van der Waals surface area contributed by atoms with Crippen LogP contribution in [0.15, 0.2) is 16.6 Å². The summed E-state index contributed by atoms with van der Waals surface area (Å²) < 4.78 is 6.25. The van der Waals surface area contributed by atoms with Gasteiger partial charge < -0.3 is 4.74 Å². The third kappa shape index (κ3) is 2.43. The van der Waals surface area contributed by atoms with Gasteiger partial charge in [0, 0.05) is 10.6 Å². The molecule has 0 aliphatic heterocycles. The van der Waals surface area contributed by atoms with Gasteiger partial charge in [0.1, 0.15) is 5.75 Å². The van der Waals surface area contributed by atoms with Crippen molar-refractivity contribution in [3.05, 3.63) is 27.2 Å². The van der Waals surface area contributed by atoms with Gasteiger partial charge in [0.25, 0.3) is 0 Å². The number of hydrogen-bond donors (Lipinski definition) is 0. The number of benzene rings is 1. The van der Waals surface area contributed by atoms with Gasteiger partial charge in [-0.3, -0.25) is 0 Å². The van der Waals surface area contributed by atoms with Gasteiger partial charge >= 0.3 is 0 Å². The van der Waals surface area contributed by atoms with Crippen LogP contribution in [-0.2, 0) is 5.41 Å². The molecule has 0 heterocycles. The lowest BCUT2D eigenvalue weighted by Crippen LogP contribution is -2.13. The van der Waals surface area contributed by atoms with Crippen molar-refractivity contribution in [1.29, 1.82) is 0 Å². The minimum Gasteiger partial charge on any atom is -0.495 e. The molecule has 0 saturated heterocycles. The van der Waals surface area contributed by atoms with Gasteiger partial charge in [0.05, 0.1) is 11.6 Å². The number of ether oxygens (including phenoxy) is 1. The monoisotopic (exact) mass is 276 g/mol. The molecule has 1 aromatic carbocycles. The fourth-order valence-electron chi connectivity index (χ4n) is 1.32. The van der Waals surface area contributed by atoms with Crippen LogP contribution >= 0.6 is 27.5 Å². The molecule has 0 N–H and O–H groups in total. The molecular formula is C11H14BrClO. The maximum Gasteiger partial charge on any atom is 0.136 e. The molecule has 0 radical (unpaired) electrons. The Balaban J connectivity index is 3.40. The molecule has 0 fully saturated rings. The lowest BCUT2D eigenvalue weighted by Gasteiger charge is -2.23. The molecule has 1 aromatic rings. The van der Waals surface area contributed by atoms with Crippen molar-refractivity contribution in [2.24, 2.45) is 0 Å². The second-order valence-corrected chi connectivity index (χ2v) is 5.51. The van der Waals surface area contributed by atoms with E-state index in [0.29, 0.717) is 0 Å². The average Bonchev–Trinajstić information content (AvgIpc) is 2.01. The van der Waals surface area contributed by atoms with Crippen molar-refractivity contribution >= 4 is 27.5 Å². The summed E-state index contributed by atoms with van der Waals surface area (Å²) in [5.41, 5.74) is 1.14. The van der Waals surface area contributed by atoms with Crippen molar-refractivity contribution in [2.45, 2.75) is 26.2 Å². The zero-order chi connectivity index (χ0) is 10.9. The Morgan fingerprint density at radius 1 is 1.29 bits per heavy atom. The van der Waals surface area contributed by atoms with Crippen LogP contribution in [0.2, 0.25) is 5.02 Å². The number of hydrogen-bond acceptors (Lipinski definition) is 1. The van der Waals surface area contributed by atoms with Gasteiger partial charge in [-0.15, -0.1) is 0 Å². The van der Waals surface area contributed by atoms with Gasteiger partial charge in [-0.1, -0.05) is 32.4 Å². The fraction of sp³-hybridized carbons (Fsp3) is 0.455. The Hall–Kier alpha value is -0.210. The lowest BCUT2D eigenvalue weighted by molar-refractivity contribution is 0.395. The van der Waals surface area contributed by atoms with E-state index >= 15 is 0 Å². The average molecular weight is 278 g/mol. The minimum absolute atomic E-state index is 0.0266. The van der Waals surface area contributed by atoms with Crippen molar-refractivity contribution in [1.82, 2.24) is 0 Å². The van der Waals surface area contributed by atoms with Crippen LogP contribution in [0.3, 0.4) is 0 Å². The van der Waals surface area contributed by atoms with Crippen LogP contribution in [0.1, 0.15) is 26.3 Å². The quantitative estimate of drug-likeness (QED) is 0.739. The first kappa shape index (κ1) is 11.9. The van der Waals surface area contributed by atoms with Crippen LogP contribution < -0.4 is 4.74 Å². The molecule has 0 unspecified atom stereocenters. The molecule has 0 amide bonds. The van der Waals surface area contributed by atoms with Crippen LogP contribution in [-0.4, -0.2) is 7.11 Å². The molecule has 0 atom stereocenters. The number of methoxy groups -OCH3 is 1. The summed E-state index contributed by atoms with van der Waals surface area (Å²) >= 11 is 9.44. The van der Waals surface area contributed by atoms with Crippen molar-refractivity contribution in [3.63, 3.8) is 0 Å². The highest BCUT2D eigenvalue weighted by molar-refractivity contribution is 9.10. The number of rotatable bonds is 1. The normalized spacial score (nSPS) is 11.6. The summed E-state index contributed by atoms with van der Waals surface area (Å²) in [6.07, 6.45) is 0. The summed E-state index contributed by atoms with van der Waals surface area (Å²) in [5, 5.41) is 0.725. The maximum atomic E-state index is 6.00. The third-order valence-electron chi connectivity index (χ3n) is 2.02. The summed E-state index contributed by atoms with van der Waals surface area (Å²) in [7, 11) is 1.67. The highest BCUT2D eigenvalue weighted by Crippen LogP contribution is 2.38. The molecule has 0 saturated carbocycles. The SMILES string of the molecule is COc1c(Br)cc(Cl)cc1C(C)(C)C. The smallest absolute Gasteiger partial charge is 0.136 e. The van der Waals surface area contributed by atoms with Crippen LogP contribution in [0.5, 0.6) is 5.75 Å². The lowest BCUT2D eigenvalue weighted by atomic mass is 9.86. The summed E-state index contributed by atoms with van der Waals surface area (Å²) in [5.74, 6) is 0.863. The van der Waals surface area contributed by atoms with Gasteiger partial charge in [-0.25, -0.2) is 0 Å². The second-order valence-electron chi connectivity index (χ2n) is 4.22. The van der Waals surface area contributed by atoms with E-state index in [0.717, 1.165) is 20.8 Å². The minimum atomic E-state index is 0.0266. The Bertz CT molecular complexity index is 342. The van der Waals surface area contributed by atoms with E-state index in [9.17, 15) is 0 Å². The van der Waals surface area contributed by atoms with Crippen LogP contribution in [0.25, 0.3) is 0 Å². The summed E-state index contributed by atoms with van der Waals surface area (Å²) in [6.45, 7) is 6.40. The first-order chi connectivity index (χ1) is 6.36. The Kier molecular flexibility index (Phi) is 3.49. The molecule has 0 aliphatic rings. The van der Waals surface area contributed by atoms with Crippen LogP contribution in [0, 0.1) is 0 Å². The molecule has 14 heavy (non-hydrogen) atoms. The van der Waals surface area contributed by atoms with Gasteiger partial charge in [-0.2, -0.15) is 0 Å². The van der Waals surface area contributed by atoms with E-state index in [1.165, 1.54) is 0 Å². The zero-order valence-electron chi connectivity index (χ0n) is 8.82. The van der Waals surface area contributed by atoms with Crippen LogP contribution in [0.4, 0.5) is 0 Å². The predicted molar refractivity (Wildman–Crippen MR) is 64.4 cm³/mol. The Morgan fingerprint density at radius 3 is 2.29 bits per heavy atom. The third-order valence-corrected chi connectivity index (χ3v) is 2.83. The molecule has 3 heteroatoms. The Labute approximate surface area is 98.5 Å². The predicted octanol–water partition coefficient (Wildman–Crippen LogP) is 4.41. The largest absolute Gasteiger partial charge is 0.495 e. The van der Waals surface area contributed by atoms with Gasteiger partial charge in [0.2, 0.25) is 0 Å². The maximum absolute atomic E-state index is 6.00. The van der Waals surface area contributed by atoms with Gasteiger partial charge in [0.15, 0.2) is 0 Å². The van der Waals surface area contributed by atoms with E-state index in [1.807, 2.05) is 12.1 Å². The van der Waals surface area contributed by atoms with E-state index in [1.54, 1.807) is 7.11 Å². The van der Waals surface area contributed by atoms with Gasteiger partial charge in [-0.05, 0) is 33.5 Å². The summed E-state index contributed by atoms with van der Waals surface area (Å²) in [6, 6.07) is 3.79. The molecule has 1 nitrogen and oxygen atoms in total.